The molecule has 33 heavy (non-hydrogen) atoms. The van der Waals surface area contributed by atoms with E-state index in [9.17, 15) is 19.7 Å². The number of nitrogens with zero attached hydrogens (tertiary/aromatic N) is 4. The third-order valence-corrected chi connectivity index (χ3v) is 5.04. The van der Waals surface area contributed by atoms with E-state index in [1.807, 2.05) is 13.8 Å². The van der Waals surface area contributed by atoms with Gasteiger partial charge in [-0.1, -0.05) is 0 Å². The first-order chi connectivity index (χ1) is 15.8. The first-order valence-corrected chi connectivity index (χ1v) is 10.5. The van der Waals surface area contributed by atoms with E-state index >= 15 is 0 Å². The van der Waals surface area contributed by atoms with Crippen LogP contribution in [-0.4, -0.2) is 65.3 Å². The van der Waals surface area contributed by atoms with Crippen LogP contribution in [0, 0.1) is 10.1 Å². The number of rotatable bonds is 9. The van der Waals surface area contributed by atoms with Crippen molar-refractivity contribution in [3.8, 4) is 0 Å². The van der Waals surface area contributed by atoms with Crippen LogP contribution in [-0.2, 0) is 9.53 Å². The van der Waals surface area contributed by atoms with Crippen molar-refractivity contribution in [1.82, 2.24) is 15.2 Å². The highest BCUT2D eigenvalue weighted by Crippen LogP contribution is 2.33. The Morgan fingerprint density at radius 1 is 1.33 bits per heavy atom. The number of ether oxygens (including phenoxy) is 1. The van der Waals surface area contributed by atoms with E-state index in [0.717, 1.165) is 0 Å². The van der Waals surface area contributed by atoms with Gasteiger partial charge in [0, 0.05) is 38.2 Å². The molecule has 1 aromatic heterocycles. The van der Waals surface area contributed by atoms with Crippen LogP contribution in [0.4, 0.5) is 10.5 Å². The van der Waals surface area contributed by atoms with Gasteiger partial charge in [0.1, 0.15) is 18.3 Å². The molecule has 1 N–H and O–H groups in total. The zero-order valence-electron chi connectivity index (χ0n) is 18.8. The van der Waals surface area contributed by atoms with Crippen LogP contribution in [0.25, 0.3) is 0 Å². The fourth-order valence-corrected chi connectivity index (χ4v) is 3.42. The predicted molar refractivity (Wildman–Crippen MR) is 120 cm³/mol. The van der Waals surface area contributed by atoms with Crippen LogP contribution in [0.2, 0.25) is 0 Å². The molecule has 1 aromatic carbocycles. The third kappa shape index (κ3) is 5.95. The van der Waals surface area contributed by atoms with Crippen molar-refractivity contribution in [3.63, 3.8) is 0 Å². The van der Waals surface area contributed by atoms with Gasteiger partial charge in [-0.25, -0.2) is 9.80 Å². The van der Waals surface area contributed by atoms with Gasteiger partial charge in [-0.15, -0.1) is 0 Å². The molecule has 0 bridgehead atoms. The molecular weight excluding hydrogens is 430 g/mol. The average molecular weight is 457 g/mol. The summed E-state index contributed by atoms with van der Waals surface area (Å²) in [7, 11) is 1.52. The number of hydrogen-bond acceptors (Lipinski definition) is 7. The van der Waals surface area contributed by atoms with E-state index in [1.54, 1.807) is 24.3 Å². The summed E-state index contributed by atoms with van der Waals surface area (Å²) >= 11 is 0. The molecule has 1 aliphatic rings. The molecule has 0 fully saturated rings. The molecule has 1 aliphatic heterocycles. The van der Waals surface area contributed by atoms with E-state index in [2.05, 4.69) is 10.4 Å². The summed E-state index contributed by atoms with van der Waals surface area (Å²) < 4.78 is 10.6. The number of carbonyl (C=O) groups is 2. The maximum Gasteiger partial charge on any atom is 0.318 e. The molecule has 0 saturated carbocycles. The number of amides is 3. The van der Waals surface area contributed by atoms with Crippen molar-refractivity contribution in [2.24, 2.45) is 5.10 Å². The molecule has 0 unspecified atom stereocenters. The summed E-state index contributed by atoms with van der Waals surface area (Å²) in [4.78, 5) is 37.7. The van der Waals surface area contributed by atoms with E-state index < -0.39 is 11.0 Å². The van der Waals surface area contributed by atoms with Gasteiger partial charge in [-0.05, 0) is 43.7 Å². The molecule has 3 rings (SSSR count). The Morgan fingerprint density at radius 3 is 2.64 bits per heavy atom. The Labute approximate surface area is 191 Å². The van der Waals surface area contributed by atoms with Crippen LogP contribution in [0.1, 0.15) is 37.6 Å². The lowest BCUT2D eigenvalue weighted by Crippen LogP contribution is -2.48. The minimum Gasteiger partial charge on any atom is -0.467 e. The quantitative estimate of drug-likeness (QED) is 0.455. The molecule has 0 aliphatic carbocycles. The number of benzene rings is 1. The molecular formula is C22H27N5O6. The Morgan fingerprint density at radius 2 is 2.06 bits per heavy atom. The number of furan rings is 1. The van der Waals surface area contributed by atoms with Crippen LogP contribution in [0.3, 0.4) is 0 Å². The lowest BCUT2D eigenvalue weighted by molar-refractivity contribution is -0.384. The Balaban J connectivity index is 1.84. The fraction of sp³-hybridized carbons (Fsp3) is 0.409. The summed E-state index contributed by atoms with van der Waals surface area (Å²) in [5, 5.41) is 19.6. The SMILES string of the molecule is COCCN(CC(=O)N1N=C(c2ccc([N+](=O)[O-])cc2)C[C@@H]1c1ccco1)C(=O)NC(C)C. The largest absolute Gasteiger partial charge is 0.467 e. The number of non-ortho nitro benzene ring substituents is 1. The molecule has 2 aromatic rings. The van der Waals surface area contributed by atoms with Gasteiger partial charge < -0.3 is 19.4 Å². The van der Waals surface area contributed by atoms with Gasteiger partial charge in [-0.2, -0.15) is 5.10 Å². The monoisotopic (exact) mass is 457 g/mol. The van der Waals surface area contributed by atoms with Crippen molar-refractivity contribution >= 4 is 23.3 Å². The lowest BCUT2D eigenvalue weighted by Gasteiger charge is -2.26. The predicted octanol–water partition coefficient (Wildman–Crippen LogP) is 2.93. The Hall–Kier alpha value is -3.73. The number of nitrogens with one attached hydrogen (secondary N) is 1. The number of nitro benzene ring substituents is 1. The second-order valence-corrected chi connectivity index (χ2v) is 7.84. The number of nitro groups is 1. The molecule has 3 amide bonds. The molecule has 2 heterocycles. The van der Waals surface area contributed by atoms with Gasteiger partial charge in [0.25, 0.3) is 11.6 Å². The van der Waals surface area contributed by atoms with Crippen molar-refractivity contribution < 1.29 is 23.7 Å². The van der Waals surface area contributed by atoms with Crippen LogP contribution < -0.4 is 5.32 Å². The summed E-state index contributed by atoms with van der Waals surface area (Å²) in [6.45, 7) is 3.98. The van der Waals surface area contributed by atoms with E-state index in [1.165, 1.54) is 35.4 Å². The Kier molecular flexibility index (Phi) is 7.78. The van der Waals surface area contributed by atoms with Crippen molar-refractivity contribution in [1.29, 1.82) is 0 Å². The first-order valence-electron chi connectivity index (χ1n) is 10.5. The third-order valence-electron chi connectivity index (χ3n) is 5.04. The summed E-state index contributed by atoms with van der Waals surface area (Å²) in [5.74, 6) is 0.169. The van der Waals surface area contributed by atoms with E-state index in [0.29, 0.717) is 23.5 Å². The smallest absolute Gasteiger partial charge is 0.318 e. The summed E-state index contributed by atoms with van der Waals surface area (Å²) in [5.41, 5.74) is 1.23. The van der Waals surface area contributed by atoms with Crippen LogP contribution in [0.5, 0.6) is 0 Å². The maximum absolute atomic E-state index is 13.3. The molecule has 0 spiro atoms. The van der Waals surface area contributed by atoms with Crippen LogP contribution in [0.15, 0.2) is 52.2 Å². The van der Waals surface area contributed by atoms with Crippen molar-refractivity contribution in [2.75, 3.05) is 26.8 Å². The van der Waals surface area contributed by atoms with Gasteiger partial charge >= 0.3 is 6.03 Å². The normalized spacial score (nSPS) is 15.5. The van der Waals surface area contributed by atoms with Gasteiger partial charge in [-0.3, -0.25) is 14.9 Å². The molecule has 0 radical (unpaired) electrons. The minimum atomic E-state index is -0.491. The Bertz CT molecular complexity index is 1000. The molecule has 11 nitrogen and oxygen atoms in total. The highest BCUT2D eigenvalue weighted by atomic mass is 16.6. The first kappa shape index (κ1) is 23.9. The molecule has 0 saturated heterocycles. The second kappa shape index (κ2) is 10.7. The standard InChI is InChI=1S/C22H27N5O6/c1-15(2)23-22(29)25(10-12-32-3)14-21(28)26-19(20-5-4-11-33-20)13-18(24-26)16-6-8-17(9-7-16)27(30)31/h4-9,11,15,19H,10,12-14H2,1-3H3,(H,23,29)/t19-/m1/s1. The zero-order chi connectivity index (χ0) is 24.0. The van der Waals surface area contributed by atoms with Crippen molar-refractivity contribution in [3.05, 3.63) is 64.1 Å². The van der Waals surface area contributed by atoms with Gasteiger partial charge in [0.2, 0.25) is 0 Å². The van der Waals surface area contributed by atoms with Gasteiger partial charge in [0.15, 0.2) is 0 Å². The maximum atomic E-state index is 13.3. The molecule has 176 valence electrons. The topological polar surface area (TPSA) is 131 Å². The van der Waals surface area contributed by atoms with Gasteiger partial charge in [0.05, 0.1) is 23.5 Å². The van der Waals surface area contributed by atoms with E-state index in [4.69, 9.17) is 9.15 Å². The number of hydrogen-bond donors (Lipinski definition) is 1. The zero-order valence-corrected chi connectivity index (χ0v) is 18.8. The summed E-state index contributed by atoms with van der Waals surface area (Å²) in [6, 6.07) is 8.53. The summed E-state index contributed by atoms with van der Waals surface area (Å²) in [6.07, 6.45) is 1.89. The lowest BCUT2D eigenvalue weighted by atomic mass is 10.0. The minimum absolute atomic E-state index is 0.0298. The number of urea groups is 1. The van der Waals surface area contributed by atoms with E-state index in [-0.39, 0.29) is 43.4 Å². The average Bonchev–Trinajstić information content (AvgIpc) is 3.46. The molecule has 11 heteroatoms. The van der Waals surface area contributed by atoms with Crippen LogP contribution >= 0.6 is 0 Å². The number of carbonyl (C=O) groups excluding carboxylic acids is 2. The highest BCUT2D eigenvalue weighted by Gasteiger charge is 2.36. The number of methoxy groups -OCH3 is 1. The van der Waals surface area contributed by atoms with Crippen molar-refractivity contribution in [2.45, 2.75) is 32.4 Å². The fourth-order valence-electron chi connectivity index (χ4n) is 3.42. The number of hydrazone groups is 1. The highest BCUT2D eigenvalue weighted by molar-refractivity contribution is 6.03. The molecule has 1 atom stereocenters. The second-order valence-electron chi connectivity index (χ2n) is 7.84.